The molecule has 27 heavy (non-hydrogen) atoms. The van der Waals surface area contributed by atoms with Crippen LogP contribution in [0.1, 0.15) is 10.5 Å². The second kappa shape index (κ2) is 8.32. The van der Waals surface area contributed by atoms with Crippen molar-refractivity contribution in [1.82, 2.24) is 9.97 Å². The molecule has 2 aliphatic rings. The zero-order valence-corrected chi connectivity index (χ0v) is 15.1. The first-order valence-electron chi connectivity index (χ1n) is 9.20. The van der Waals surface area contributed by atoms with Crippen molar-refractivity contribution in [3.05, 3.63) is 42.2 Å². The molecule has 0 radical (unpaired) electrons. The Labute approximate surface area is 158 Å². The van der Waals surface area contributed by atoms with Crippen molar-refractivity contribution in [3.8, 4) is 0 Å². The maximum atomic E-state index is 12.8. The molecule has 3 heterocycles. The Hall–Kier alpha value is -2.71. The number of benzene rings is 1. The van der Waals surface area contributed by atoms with Crippen LogP contribution in [-0.4, -0.2) is 68.5 Å². The fourth-order valence-electron chi connectivity index (χ4n) is 3.24. The molecule has 2 fully saturated rings. The molecule has 8 nitrogen and oxygen atoms in total. The molecule has 8 heteroatoms. The van der Waals surface area contributed by atoms with Gasteiger partial charge in [0.2, 0.25) is 5.95 Å². The Balaban J connectivity index is 1.51. The smallest absolute Gasteiger partial charge is 0.274 e. The number of nitrogens with zero attached hydrogens (tertiary/aromatic N) is 4. The number of nitrogens with one attached hydrogen (secondary N) is 1. The van der Waals surface area contributed by atoms with Gasteiger partial charge in [-0.05, 0) is 18.2 Å². The van der Waals surface area contributed by atoms with Crippen molar-refractivity contribution in [2.45, 2.75) is 0 Å². The minimum atomic E-state index is -0.243. The van der Waals surface area contributed by atoms with E-state index in [2.05, 4.69) is 20.2 Å². The maximum Gasteiger partial charge on any atom is 0.274 e. The maximum absolute atomic E-state index is 12.8. The standard InChI is InChI=1S/C19H23N5O3/c25-18(16-5-6-20-19(22-16)24-9-13-27-14-10-24)21-15-3-1-2-4-17(15)23-7-11-26-12-8-23/h1-6H,7-14H2,(H,21,25). The molecule has 2 aromatic rings. The Morgan fingerprint density at radius 1 is 0.926 bits per heavy atom. The van der Waals surface area contributed by atoms with E-state index in [1.165, 1.54) is 0 Å². The van der Waals surface area contributed by atoms with Gasteiger partial charge in [0.05, 0.1) is 37.8 Å². The van der Waals surface area contributed by atoms with Gasteiger partial charge >= 0.3 is 0 Å². The lowest BCUT2D eigenvalue weighted by Crippen LogP contribution is -2.37. The average molecular weight is 369 g/mol. The van der Waals surface area contributed by atoms with Crippen molar-refractivity contribution < 1.29 is 14.3 Å². The first-order valence-corrected chi connectivity index (χ1v) is 9.20. The fourth-order valence-corrected chi connectivity index (χ4v) is 3.24. The zero-order valence-electron chi connectivity index (χ0n) is 15.1. The highest BCUT2D eigenvalue weighted by molar-refractivity contribution is 6.04. The Morgan fingerprint density at radius 2 is 1.59 bits per heavy atom. The molecule has 0 bridgehead atoms. The number of amides is 1. The van der Waals surface area contributed by atoms with Crippen LogP contribution in [0.4, 0.5) is 17.3 Å². The molecule has 0 spiro atoms. The fraction of sp³-hybridized carbons (Fsp3) is 0.421. The summed E-state index contributed by atoms with van der Waals surface area (Å²) in [6.45, 7) is 5.74. The summed E-state index contributed by atoms with van der Waals surface area (Å²) >= 11 is 0. The van der Waals surface area contributed by atoms with Crippen LogP contribution in [0.15, 0.2) is 36.5 Å². The first kappa shape index (κ1) is 17.7. The molecule has 1 aromatic heterocycles. The van der Waals surface area contributed by atoms with Crippen LogP contribution in [0.5, 0.6) is 0 Å². The average Bonchev–Trinajstić information content (AvgIpc) is 2.75. The highest BCUT2D eigenvalue weighted by atomic mass is 16.5. The number of carbonyl (C=O) groups excluding carboxylic acids is 1. The summed E-state index contributed by atoms with van der Waals surface area (Å²) in [6.07, 6.45) is 1.63. The highest BCUT2D eigenvalue weighted by Gasteiger charge is 2.19. The van der Waals surface area contributed by atoms with Crippen LogP contribution in [0.2, 0.25) is 0 Å². The molecule has 1 N–H and O–H groups in total. The summed E-state index contributed by atoms with van der Waals surface area (Å²) in [5.74, 6) is 0.319. The van der Waals surface area contributed by atoms with Gasteiger partial charge in [-0.2, -0.15) is 0 Å². The lowest BCUT2D eigenvalue weighted by molar-refractivity contribution is 0.102. The van der Waals surface area contributed by atoms with Crippen molar-refractivity contribution in [2.75, 3.05) is 67.7 Å². The van der Waals surface area contributed by atoms with Crippen LogP contribution in [0.3, 0.4) is 0 Å². The van der Waals surface area contributed by atoms with Crippen LogP contribution < -0.4 is 15.1 Å². The normalized spacial score (nSPS) is 17.6. The van der Waals surface area contributed by atoms with Gasteiger partial charge < -0.3 is 24.6 Å². The number of rotatable bonds is 4. The van der Waals surface area contributed by atoms with Crippen LogP contribution in [-0.2, 0) is 9.47 Å². The predicted molar refractivity (Wildman–Crippen MR) is 102 cm³/mol. The van der Waals surface area contributed by atoms with Gasteiger partial charge in [-0.3, -0.25) is 4.79 Å². The second-order valence-corrected chi connectivity index (χ2v) is 6.41. The molecule has 1 aromatic carbocycles. The number of aromatic nitrogens is 2. The van der Waals surface area contributed by atoms with E-state index in [9.17, 15) is 4.79 Å². The number of hydrogen-bond acceptors (Lipinski definition) is 7. The first-order chi connectivity index (χ1) is 13.3. The van der Waals surface area contributed by atoms with E-state index < -0.39 is 0 Å². The molecule has 142 valence electrons. The van der Waals surface area contributed by atoms with E-state index in [4.69, 9.17) is 9.47 Å². The van der Waals surface area contributed by atoms with Gasteiger partial charge in [-0.1, -0.05) is 12.1 Å². The molecule has 0 aliphatic carbocycles. The van der Waals surface area contributed by atoms with Crippen molar-refractivity contribution in [2.24, 2.45) is 0 Å². The quantitative estimate of drug-likeness (QED) is 0.873. The van der Waals surface area contributed by atoms with E-state index in [-0.39, 0.29) is 5.91 Å². The van der Waals surface area contributed by atoms with Gasteiger partial charge in [0.1, 0.15) is 5.69 Å². The van der Waals surface area contributed by atoms with Gasteiger partial charge in [0.25, 0.3) is 5.91 Å². The summed E-state index contributed by atoms with van der Waals surface area (Å²) in [5, 5.41) is 3.00. The summed E-state index contributed by atoms with van der Waals surface area (Å²) in [6, 6.07) is 9.45. The molecule has 0 saturated carbocycles. The summed E-state index contributed by atoms with van der Waals surface area (Å²) in [5.41, 5.74) is 2.12. The van der Waals surface area contributed by atoms with Crippen LogP contribution in [0, 0.1) is 0 Å². The third kappa shape index (κ3) is 4.17. The number of ether oxygens (including phenoxy) is 2. The molecule has 4 rings (SSSR count). The summed E-state index contributed by atoms with van der Waals surface area (Å²) < 4.78 is 10.8. The minimum Gasteiger partial charge on any atom is -0.378 e. The Morgan fingerprint density at radius 3 is 2.33 bits per heavy atom. The molecule has 2 aliphatic heterocycles. The topological polar surface area (TPSA) is 79.8 Å². The lowest BCUT2D eigenvalue weighted by atomic mass is 10.2. The molecule has 2 saturated heterocycles. The monoisotopic (exact) mass is 369 g/mol. The van der Waals surface area contributed by atoms with Crippen LogP contribution in [0.25, 0.3) is 0 Å². The molecule has 0 atom stereocenters. The molecule has 1 amide bonds. The van der Waals surface area contributed by atoms with Gasteiger partial charge in [0, 0.05) is 32.4 Å². The largest absolute Gasteiger partial charge is 0.378 e. The lowest BCUT2D eigenvalue weighted by Gasteiger charge is -2.30. The number of para-hydroxylation sites is 2. The van der Waals surface area contributed by atoms with Crippen LogP contribution >= 0.6 is 0 Å². The van der Waals surface area contributed by atoms with Crippen molar-refractivity contribution in [1.29, 1.82) is 0 Å². The number of carbonyl (C=O) groups is 1. The zero-order chi connectivity index (χ0) is 18.5. The molecular formula is C19H23N5O3. The van der Waals surface area contributed by atoms with Gasteiger partial charge in [-0.25, -0.2) is 9.97 Å². The third-order valence-electron chi connectivity index (χ3n) is 4.67. The van der Waals surface area contributed by atoms with Gasteiger partial charge in [0.15, 0.2) is 0 Å². The summed E-state index contributed by atoms with van der Waals surface area (Å²) in [4.78, 5) is 25.8. The van der Waals surface area contributed by atoms with E-state index in [0.29, 0.717) is 38.1 Å². The van der Waals surface area contributed by atoms with Crippen molar-refractivity contribution >= 4 is 23.2 Å². The predicted octanol–water partition coefficient (Wildman–Crippen LogP) is 1.40. The number of hydrogen-bond donors (Lipinski definition) is 1. The van der Waals surface area contributed by atoms with Crippen molar-refractivity contribution in [3.63, 3.8) is 0 Å². The summed E-state index contributed by atoms with van der Waals surface area (Å²) in [7, 11) is 0. The SMILES string of the molecule is O=C(Nc1ccccc1N1CCOCC1)c1ccnc(N2CCOCC2)n1. The number of morpholine rings is 2. The molecular weight excluding hydrogens is 346 g/mol. The minimum absolute atomic E-state index is 0.243. The van der Waals surface area contributed by atoms with Gasteiger partial charge in [-0.15, -0.1) is 0 Å². The van der Waals surface area contributed by atoms with E-state index in [0.717, 1.165) is 37.6 Å². The Kier molecular flexibility index (Phi) is 5.45. The highest BCUT2D eigenvalue weighted by Crippen LogP contribution is 2.26. The number of anilines is 3. The van der Waals surface area contributed by atoms with E-state index in [1.807, 2.05) is 29.2 Å². The van der Waals surface area contributed by atoms with E-state index in [1.54, 1.807) is 12.3 Å². The van der Waals surface area contributed by atoms with E-state index >= 15 is 0 Å². The third-order valence-corrected chi connectivity index (χ3v) is 4.67. The second-order valence-electron chi connectivity index (χ2n) is 6.41. The Bertz CT molecular complexity index is 788. The molecule has 0 unspecified atom stereocenters.